The molecule has 0 heterocycles. The number of nitro benzene ring substituents is 1. The number of methoxy groups -OCH3 is 1. The van der Waals surface area contributed by atoms with Gasteiger partial charge in [0.2, 0.25) is 0 Å². The van der Waals surface area contributed by atoms with Crippen molar-refractivity contribution in [1.82, 2.24) is 5.32 Å². The molecule has 1 unspecified atom stereocenters. The Kier molecular flexibility index (Phi) is 5.68. The molecule has 0 aliphatic rings. The van der Waals surface area contributed by atoms with Crippen LogP contribution in [-0.2, 0) is 4.74 Å². The molecule has 1 aromatic carbocycles. The van der Waals surface area contributed by atoms with E-state index in [1.807, 2.05) is 0 Å². The quantitative estimate of drug-likeness (QED) is 0.600. The number of carbonyl (C=O) groups is 1. The first-order valence-electron chi connectivity index (χ1n) is 5.35. The third kappa shape index (κ3) is 4.47. The lowest BCUT2D eigenvalue weighted by molar-refractivity contribution is -0.384. The zero-order valence-electron chi connectivity index (χ0n) is 10.1. The summed E-state index contributed by atoms with van der Waals surface area (Å²) in [6.45, 7) is 0.0364. The van der Waals surface area contributed by atoms with Gasteiger partial charge in [0.15, 0.2) is 0 Å². The maximum Gasteiger partial charge on any atom is 0.270 e. The molecule has 1 amide bonds. The lowest BCUT2D eigenvalue weighted by Gasteiger charge is -2.11. The van der Waals surface area contributed by atoms with Crippen LogP contribution in [0.5, 0.6) is 0 Å². The fourth-order valence-electron chi connectivity index (χ4n) is 1.36. The Bertz CT molecular complexity index is 480. The summed E-state index contributed by atoms with van der Waals surface area (Å²) >= 11 is 5.80. The zero-order valence-corrected chi connectivity index (χ0v) is 10.9. The van der Waals surface area contributed by atoms with Gasteiger partial charge in [-0.3, -0.25) is 14.9 Å². The number of carbonyl (C=O) groups excluding carboxylic acids is 1. The molecule has 104 valence electrons. The fraction of sp³-hybridized carbons (Fsp3) is 0.364. The van der Waals surface area contributed by atoms with Crippen LogP contribution in [0.15, 0.2) is 18.2 Å². The maximum absolute atomic E-state index is 11.8. The van der Waals surface area contributed by atoms with Crippen molar-refractivity contribution in [3.05, 3.63) is 38.9 Å². The van der Waals surface area contributed by atoms with Gasteiger partial charge in [-0.15, -0.1) is 0 Å². The summed E-state index contributed by atoms with van der Waals surface area (Å²) in [6.07, 6.45) is -0.855. The van der Waals surface area contributed by atoms with Crippen molar-refractivity contribution in [3.8, 4) is 0 Å². The number of rotatable bonds is 6. The first-order chi connectivity index (χ1) is 8.95. The monoisotopic (exact) mass is 288 g/mol. The van der Waals surface area contributed by atoms with E-state index in [2.05, 4.69) is 5.32 Å². The largest absolute Gasteiger partial charge is 0.389 e. The summed E-state index contributed by atoms with van der Waals surface area (Å²) in [5, 5.41) is 22.5. The number of hydrogen-bond acceptors (Lipinski definition) is 5. The van der Waals surface area contributed by atoms with Crippen molar-refractivity contribution in [2.75, 3.05) is 20.3 Å². The highest BCUT2D eigenvalue weighted by atomic mass is 35.5. The molecule has 0 fully saturated rings. The van der Waals surface area contributed by atoms with E-state index in [1.54, 1.807) is 0 Å². The molecule has 0 spiro atoms. The van der Waals surface area contributed by atoms with Gasteiger partial charge in [-0.05, 0) is 6.07 Å². The Morgan fingerprint density at radius 1 is 1.63 bits per heavy atom. The van der Waals surface area contributed by atoms with Gasteiger partial charge in [-0.25, -0.2) is 0 Å². The van der Waals surface area contributed by atoms with Crippen molar-refractivity contribution in [2.24, 2.45) is 0 Å². The first-order valence-corrected chi connectivity index (χ1v) is 5.72. The molecule has 2 N–H and O–H groups in total. The number of benzene rings is 1. The standard InChI is InChI=1S/C11H13ClN2O5/c1-19-6-8(15)5-13-11(16)9-4-7(14(17)18)2-3-10(9)12/h2-4,8,15H,5-6H2,1H3,(H,13,16). The summed E-state index contributed by atoms with van der Waals surface area (Å²) < 4.78 is 4.70. The van der Waals surface area contributed by atoms with Crippen molar-refractivity contribution in [1.29, 1.82) is 0 Å². The van der Waals surface area contributed by atoms with Gasteiger partial charge in [0.05, 0.1) is 28.2 Å². The fourth-order valence-corrected chi connectivity index (χ4v) is 1.56. The number of nitro groups is 1. The SMILES string of the molecule is COCC(O)CNC(=O)c1cc([N+](=O)[O-])ccc1Cl. The third-order valence-corrected chi connectivity index (χ3v) is 2.59. The van der Waals surface area contributed by atoms with Crippen LogP contribution in [-0.4, -0.2) is 42.3 Å². The van der Waals surface area contributed by atoms with Crippen molar-refractivity contribution >= 4 is 23.2 Å². The van der Waals surface area contributed by atoms with E-state index in [1.165, 1.54) is 19.2 Å². The van der Waals surface area contributed by atoms with Gasteiger partial charge in [-0.1, -0.05) is 11.6 Å². The van der Waals surface area contributed by atoms with Crippen LogP contribution in [0.3, 0.4) is 0 Å². The molecule has 1 rings (SSSR count). The minimum Gasteiger partial charge on any atom is -0.389 e. The van der Waals surface area contributed by atoms with Crippen LogP contribution in [0.2, 0.25) is 5.02 Å². The minimum absolute atomic E-state index is 0.0134. The molecule has 1 atom stereocenters. The van der Waals surface area contributed by atoms with Crippen molar-refractivity contribution < 1.29 is 19.6 Å². The average molecular weight is 289 g/mol. The maximum atomic E-state index is 11.8. The molecule has 0 radical (unpaired) electrons. The molecule has 8 heteroatoms. The molecule has 19 heavy (non-hydrogen) atoms. The molecule has 1 aromatic rings. The summed E-state index contributed by atoms with van der Waals surface area (Å²) in [6, 6.07) is 3.57. The summed E-state index contributed by atoms with van der Waals surface area (Å²) in [5.41, 5.74) is -0.243. The highest BCUT2D eigenvalue weighted by Gasteiger charge is 2.16. The highest BCUT2D eigenvalue weighted by Crippen LogP contribution is 2.21. The molecular formula is C11H13ClN2O5. The van der Waals surface area contributed by atoms with Gasteiger partial charge in [0.1, 0.15) is 0 Å². The number of non-ortho nitro benzene ring substituents is 1. The number of ether oxygens (including phenoxy) is 1. The van der Waals surface area contributed by atoms with Crippen LogP contribution in [0, 0.1) is 10.1 Å². The van der Waals surface area contributed by atoms with Crippen LogP contribution in [0.4, 0.5) is 5.69 Å². The van der Waals surface area contributed by atoms with E-state index in [-0.39, 0.29) is 29.4 Å². The molecule has 0 bridgehead atoms. The van der Waals surface area contributed by atoms with Gasteiger partial charge < -0.3 is 15.2 Å². The number of aliphatic hydroxyl groups is 1. The van der Waals surface area contributed by atoms with Crippen LogP contribution < -0.4 is 5.32 Å². The highest BCUT2D eigenvalue weighted by molar-refractivity contribution is 6.33. The molecule has 0 aromatic heterocycles. The third-order valence-electron chi connectivity index (χ3n) is 2.26. The Morgan fingerprint density at radius 2 is 2.32 bits per heavy atom. The first kappa shape index (κ1) is 15.4. The lowest BCUT2D eigenvalue weighted by atomic mass is 10.2. The molecule has 7 nitrogen and oxygen atoms in total. The number of nitrogens with zero attached hydrogens (tertiary/aromatic N) is 1. The second-order valence-electron chi connectivity index (χ2n) is 3.74. The van der Waals surface area contributed by atoms with Crippen LogP contribution in [0.1, 0.15) is 10.4 Å². The van der Waals surface area contributed by atoms with E-state index in [0.717, 1.165) is 6.07 Å². The molecule has 0 aliphatic heterocycles. The van der Waals surface area contributed by atoms with Gasteiger partial charge in [0.25, 0.3) is 11.6 Å². The Hall–Kier alpha value is -1.70. The van der Waals surface area contributed by atoms with Gasteiger partial charge >= 0.3 is 0 Å². The zero-order chi connectivity index (χ0) is 14.4. The van der Waals surface area contributed by atoms with Gasteiger partial charge in [0, 0.05) is 25.8 Å². The Morgan fingerprint density at radius 3 is 2.89 bits per heavy atom. The lowest BCUT2D eigenvalue weighted by Crippen LogP contribution is -2.34. The van der Waals surface area contributed by atoms with Crippen LogP contribution >= 0.6 is 11.6 Å². The Labute approximate surface area is 114 Å². The predicted octanol–water partition coefficient (Wildman–Crippen LogP) is 0.985. The molecular weight excluding hydrogens is 276 g/mol. The topological polar surface area (TPSA) is 102 Å². The number of amides is 1. The summed E-state index contributed by atoms with van der Waals surface area (Å²) in [5.74, 6) is -0.594. The molecule has 0 saturated carbocycles. The van der Waals surface area contributed by atoms with Gasteiger partial charge in [-0.2, -0.15) is 0 Å². The average Bonchev–Trinajstić information content (AvgIpc) is 2.36. The summed E-state index contributed by atoms with van der Waals surface area (Å²) in [7, 11) is 1.42. The van der Waals surface area contributed by atoms with E-state index in [0.29, 0.717) is 0 Å². The van der Waals surface area contributed by atoms with E-state index >= 15 is 0 Å². The van der Waals surface area contributed by atoms with E-state index in [4.69, 9.17) is 16.3 Å². The number of halogens is 1. The smallest absolute Gasteiger partial charge is 0.270 e. The van der Waals surface area contributed by atoms with Crippen molar-refractivity contribution in [2.45, 2.75) is 6.10 Å². The minimum atomic E-state index is -0.855. The van der Waals surface area contributed by atoms with Crippen molar-refractivity contribution in [3.63, 3.8) is 0 Å². The number of nitrogens with one attached hydrogen (secondary N) is 1. The Balaban J connectivity index is 2.76. The molecule has 0 aliphatic carbocycles. The second kappa shape index (κ2) is 7.03. The van der Waals surface area contributed by atoms with E-state index < -0.39 is 16.9 Å². The normalized spacial score (nSPS) is 11.9. The van der Waals surface area contributed by atoms with E-state index in [9.17, 15) is 20.0 Å². The van der Waals surface area contributed by atoms with Crippen LogP contribution in [0.25, 0.3) is 0 Å². The molecule has 0 saturated heterocycles. The number of aliphatic hydroxyl groups excluding tert-OH is 1. The predicted molar refractivity (Wildman–Crippen MR) is 68.3 cm³/mol. The summed E-state index contributed by atoms with van der Waals surface area (Å²) in [4.78, 5) is 21.8. The second-order valence-corrected chi connectivity index (χ2v) is 4.15. The number of hydrogen-bond donors (Lipinski definition) is 2.